The minimum atomic E-state index is -4.87. The van der Waals surface area contributed by atoms with Crippen LogP contribution in [-0.2, 0) is 14.3 Å². The summed E-state index contributed by atoms with van der Waals surface area (Å²) in [5, 5.41) is 2.06. The first kappa shape index (κ1) is 17.5. The number of nitrogens with one attached hydrogen (secondary N) is 1. The third-order valence-electron chi connectivity index (χ3n) is 5.45. The van der Waals surface area contributed by atoms with E-state index in [1.54, 1.807) is 0 Å². The fourth-order valence-corrected chi connectivity index (χ4v) is 3.83. The van der Waals surface area contributed by atoms with E-state index in [0.717, 1.165) is 6.42 Å². The Bertz CT molecular complexity index is 503. The Hall–Kier alpha value is -1.31. The molecular weight excluding hydrogens is 325 g/mol. The SMILES string of the molecule is CC1CC1C(=O)N1CCC([C@@H]2OCC[C@H]2NC(=O)C(F)(F)F)CC1. The molecule has 136 valence electrons. The molecule has 1 aliphatic carbocycles. The van der Waals surface area contributed by atoms with Crippen LogP contribution < -0.4 is 5.32 Å². The van der Waals surface area contributed by atoms with Crippen LogP contribution in [0.4, 0.5) is 13.2 Å². The Morgan fingerprint density at radius 3 is 2.33 bits per heavy atom. The summed E-state index contributed by atoms with van der Waals surface area (Å²) in [6.07, 6.45) is -2.51. The van der Waals surface area contributed by atoms with Gasteiger partial charge in [-0.25, -0.2) is 0 Å². The fraction of sp³-hybridized carbons (Fsp3) is 0.875. The van der Waals surface area contributed by atoms with Gasteiger partial charge in [0.05, 0.1) is 12.1 Å². The Kier molecular flexibility index (Phi) is 4.77. The van der Waals surface area contributed by atoms with E-state index in [2.05, 4.69) is 12.2 Å². The molecule has 0 aromatic rings. The van der Waals surface area contributed by atoms with Crippen LogP contribution in [0.3, 0.4) is 0 Å². The quantitative estimate of drug-likeness (QED) is 0.845. The molecule has 3 rings (SSSR count). The summed E-state index contributed by atoms with van der Waals surface area (Å²) in [6, 6.07) is -0.602. The number of amides is 2. The smallest absolute Gasteiger partial charge is 0.376 e. The monoisotopic (exact) mass is 348 g/mol. The Balaban J connectivity index is 1.51. The van der Waals surface area contributed by atoms with Crippen molar-refractivity contribution in [3.63, 3.8) is 0 Å². The number of ether oxygens (including phenoxy) is 1. The molecule has 2 heterocycles. The normalized spacial score (nSPS) is 34.2. The molecule has 2 aliphatic heterocycles. The summed E-state index contributed by atoms with van der Waals surface area (Å²) in [5.41, 5.74) is 0. The first-order chi connectivity index (χ1) is 11.3. The van der Waals surface area contributed by atoms with Gasteiger partial charge in [0.2, 0.25) is 5.91 Å². The zero-order valence-corrected chi connectivity index (χ0v) is 13.6. The molecule has 0 bridgehead atoms. The number of likely N-dealkylation sites (tertiary alicyclic amines) is 1. The molecule has 1 saturated carbocycles. The zero-order chi connectivity index (χ0) is 17.5. The van der Waals surface area contributed by atoms with Crippen LogP contribution in [0, 0.1) is 17.8 Å². The average molecular weight is 348 g/mol. The maximum absolute atomic E-state index is 12.4. The van der Waals surface area contributed by atoms with Gasteiger partial charge in [0.25, 0.3) is 0 Å². The summed E-state index contributed by atoms with van der Waals surface area (Å²) in [5.74, 6) is -1.00. The number of carbonyl (C=O) groups excluding carboxylic acids is 2. The lowest BCUT2D eigenvalue weighted by Crippen LogP contribution is -2.50. The molecule has 4 atom stereocenters. The Morgan fingerprint density at radius 2 is 1.79 bits per heavy atom. The van der Waals surface area contributed by atoms with Crippen LogP contribution in [0.5, 0.6) is 0 Å². The third-order valence-corrected chi connectivity index (χ3v) is 5.45. The van der Waals surface area contributed by atoms with Gasteiger partial charge in [-0.15, -0.1) is 0 Å². The number of nitrogens with zero attached hydrogens (tertiary/aromatic N) is 1. The lowest BCUT2D eigenvalue weighted by Gasteiger charge is -2.36. The van der Waals surface area contributed by atoms with Crippen molar-refractivity contribution in [2.24, 2.45) is 17.8 Å². The molecule has 3 fully saturated rings. The topological polar surface area (TPSA) is 58.6 Å². The number of carbonyl (C=O) groups is 2. The summed E-state index contributed by atoms with van der Waals surface area (Å²) in [7, 11) is 0. The average Bonchev–Trinajstić information content (AvgIpc) is 3.08. The van der Waals surface area contributed by atoms with E-state index in [1.165, 1.54) is 0 Å². The molecule has 3 aliphatic rings. The van der Waals surface area contributed by atoms with E-state index in [9.17, 15) is 22.8 Å². The molecule has 2 unspecified atom stereocenters. The minimum Gasteiger partial charge on any atom is -0.376 e. The van der Waals surface area contributed by atoms with Crippen molar-refractivity contribution in [2.45, 2.75) is 50.9 Å². The highest BCUT2D eigenvalue weighted by Gasteiger charge is 2.45. The molecular formula is C16H23F3N2O3. The van der Waals surface area contributed by atoms with Crippen molar-refractivity contribution < 1.29 is 27.5 Å². The van der Waals surface area contributed by atoms with Crippen molar-refractivity contribution >= 4 is 11.8 Å². The van der Waals surface area contributed by atoms with Crippen LogP contribution in [0.1, 0.15) is 32.6 Å². The van der Waals surface area contributed by atoms with Gasteiger partial charge in [-0.2, -0.15) is 13.2 Å². The van der Waals surface area contributed by atoms with E-state index >= 15 is 0 Å². The largest absolute Gasteiger partial charge is 0.471 e. The first-order valence-electron chi connectivity index (χ1n) is 8.55. The molecule has 1 N–H and O–H groups in total. The predicted octanol–water partition coefficient (Wildman–Crippen LogP) is 1.72. The van der Waals surface area contributed by atoms with Crippen LogP contribution in [-0.4, -0.2) is 54.7 Å². The van der Waals surface area contributed by atoms with E-state index < -0.39 is 24.2 Å². The van der Waals surface area contributed by atoms with Gasteiger partial charge >= 0.3 is 12.1 Å². The van der Waals surface area contributed by atoms with Crippen molar-refractivity contribution in [1.29, 1.82) is 0 Å². The fourth-order valence-electron chi connectivity index (χ4n) is 3.83. The maximum atomic E-state index is 12.4. The van der Waals surface area contributed by atoms with E-state index in [0.29, 0.717) is 44.9 Å². The van der Waals surface area contributed by atoms with Crippen molar-refractivity contribution in [1.82, 2.24) is 10.2 Å². The van der Waals surface area contributed by atoms with Crippen molar-refractivity contribution in [2.75, 3.05) is 19.7 Å². The van der Waals surface area contributed by atoms with Crippen LogP contribution >= 0.6 is 0 Å². The third kappa shape index (κ3) is 3.68. The van der Waals surface area contributed by atoms with Gasteiger partial charge < -0.3 is 15.0 Å². The summed E-state index contributed by atoms with van der Waals surface area (Å²) in [6.45, 7) is 3.65. The number of halogens is 3. The zero-order valence-electron chi connectivity index (χ0n) is 13.6. The number of rotatable bonds is 3. The number of hydrogen-bond acceptors (Lipinski definition) is 3. The second kappa shape index (κ2) is 6.54. The molecule has 24 heavy (non-hydrogen) atoms. The number of alkyl halides is 3. The van der Waals surface area contributed by atoms with Gasteiger partial charge in [-0.3, -0.25) is 9.59 Å². The van der Waals surface area contributed by atoms with Gasteiger partial charge in [-0.05, 0) is 37.5 Å². The van der Waals surface area contributed by atoms with E-state index in [1.807, 2.05) is 4.90 Å². The molecule has 0 aromatic carbocycles. The first-order valence-corrected chi connectivity index (χ1v) is 8.55. The molecule has 5 nitrogen and oxygen atoms in total. The summed E-state index contributed by atoms with van der Waals surface area (Å²) >= 11 is 0. The molecule has 0 spiro atoms. The highest BCUT2D eigenvalue weighted by atomic mass is 19.4. The lowest BCUT2D eigenvalue weighted by atomic mass is 9.87. The van der Waals surface area contributed by atoms with Gasteiger partial charge in [0.15, 0.2) is 0 Å². The number of piperidine rings is 1. The minimum absolute atomic E-state index is 0.0757. The summed E-state index contributed by atoms with van der Waals surface area (Å²) in [4.78, 5) is 25.3. The number of hydrogen-bond donors (Lipinski definition) is 1. The Labute approximate surface area is 138 Å². The van der Waals surface area contributed by atoms with E-state index in [-0.39, 0.29) is 17.7 Å². The van der Waals surface area contributed by atoms with Crippen LogP contribution in [0.2, 0.25) is 0 Å². The molecule has 8 heteroatoms. The summed E-state index contributed by atoms with van der Waals surface area (Å²) < 4.78 is 42.9. The molecule has 2 amide bonds. The maximum Gasteiger partial charge on any atom is 0.471 e. The lowest BCUT2D eigenvalue weighted by molar-refractivity contribution is -0.175. The van der Waals surface area contributed by atoms with Crippen LogP contribution in [0.25, 0.3) is 0 Å². The van der Waals surface area contributed by atoms with E-state index in [4.69, 9.17) is 4.74 Å². The molecule has 2 saturated heterocycles. The standard InChI is InChI=1S/C16H23F3N2O3/c1-9-8-11(9)14(22)21-5-2-10(3-6-21)13-12(4-7-24-13)20-15(23)16(17,18)19/h9-13H,2-8H2,1H3,(H,20,23)/t9?,11?,12-,13+/m1/s1. The van der Waals surface area contributed by atoms with Gasteiger partial charge in [0.1, 0.15) is 0 Å². The van der Waals surface area contributed by atoms with Crippen molar-refractivity contribution in [3.05, 3.63) is 0 Å². The van der Waals surface area contributed by atoms with Gasteiger partial charge in [-0.1, -0.05) is 6.92 Å². The van der Waals surface area contributed by atoms with Crippen molar-refractivity contribution in [3.8, 4) is 0 Å². The molecule has 0 radical (unpaired) electrons. The second-order valence-electron chi connectivity index (χ2n) is 7.18. The highest BCUT2D eigenvalue weighted by Crippen LogP contribution is 2.40. The highest BCUT2D eigenvalue weighted by molar-refractivity contribution is 5.82. The second-order valence-corrected chi connectivity index (χ2v) is 7.18. The molecule has 0 aromatic heterocycles. The predicted molar refractivity (Wildman–Crippen MR) is 78.9 cm³/mol. The van der Waals surface area contributed by atoms with Crippen LogP contribution in [0.15, 0.2) is 0 Å². The van der Waals surface area contributed by atoms with Gasteiger partial charge in [0, 0.05) is 25.6 Å². The Morgan fingerprint density at radius 1 is 1.17 bits per heavy atom.